The molecule has 2 aromatic rings. The molecule has 1 N–H and O–H groups in total. The first kappa shape index (κ1) is 14.6. The van der Waals surface area contributed by atoms with Crippen LogP contribution in [0.2, 0.25) is 0 Å². The van der Waals surface area contributed by atoms with Crippen molar-refractivity contribution in [3.63, 3.8) is 0 Å². The van der Waals surface area contributed by atoms with Crippen molar-refractivity contribution in [2.75, 3.05) is 6.54 Å². The van der Waals surface area contributed by atoms with Crippen LogP contribution in [0.15, 0.2) is 33.4 Å². The first-order valence-electron chi connectivity index (χ1n) is 6.00. The molecular formula is C14H14BrF2NS. The standard InChI is InChI=1S/C14H14BrF2NS/c1-2-18-14(11-7-19-8-12(11)15)5-9-3-4-10(16)6-13(9)17/h3-4,6-8,14,18H,2,5H2,1H3. The number of likely N-dealkylation sites (N-methyl/N-ethyl adjacent to an activating group) is 1. The first-order valence-corrected chi connectivity index (χ1v) is 7.74. The number of benzene rings is 1. The Hall–Kier alpha value is -0.780. The van der Waals surface area contributed by atoms with E-state index in [4.69, 9.17) is 0 Å². The maximum absolute atomic E-state index is 13.7. The van der Waals surface area contributed by atoms with E-state index in [1.807, 2.05) is 17.7 Å². The second-order valence-electron chi connectivity index (χ2n) is 4.23. The fourth-order valence-electron chi connectivity index (χ4n) is 1.99. The van der Waals surface area contributed by atoms with Gasteiger partial charge >= 0.3 is 0 Å². The van der Waals surface area contributed by atoms with Crippen LogP contribution in [-0.2, 0) is 6.42 Å². The van der Waals surface area contributed by atoms with E-state index >= 15 is 0 Å². The molecule has 0 bridgehead atoms. The van der Waals surface area contributed by atoms with Crippen molar-refractivity contribution in [2.45, 2.75) is 19.4 Å². The van der Waals surface area contributed by atoms with Crippen LogP contribution in [0.25, 0.3) is 0 Å². The number of hydrogen-bond donors (Lipinski definition) is 1. The lowest BCUT2D eigenvalue weighted by Crippen LogP contribution is -2.23. The minimum absolute atomic E-state index is 0.0191. The second kappa shape index (κ2) is 6.59. The summed E-state index contributed by atoms with van der Waals surface area (Å²) in [6.45, 7) is 2.80. The molecule has 1 atom stereocenters. The van der Waals surface area contributed by atoms with Crippen LogP contribution < -0.4 is 5.32 Å². The third kappa shape index (κ3) is 3.61. The van der Waals surface area contributed by atoms with Crippen molar-refractivity contribution in [2.24, 2.45) is 0 Å². The predicted molar refractivity (Wildman–Crippen MR) is 78.5 cm³/mol. The third-order valence-electron chi connectivity index (χ3n) is 2.91. The van der Waals surface area contributed by atoms with Crippen molar-refractivity contribution in [3.05, 3.63) is 56.2 Å². The average Bonchev–Trinajstić information content (AvgIpc) is 2.78. The van der Waals surface area contributed by atoms with Gasteiger partial charge in [0, 0.05) is 22.0 Å². The zero-order valence-electron chi connectivity index (χ0n) is 10.4. The summed E-state index contributed by atoms with van der Waals surface area (Å²) in [6.07, 6.45) is 0.495. The molecule has 0 amide bonds. The van der Waals surface area contributed by atoms with Gasteiger partial charge in [-0.1, -0.05) is 13.0 Å². The number of thiophene rings is 1. The van der Waals surface area contributed by atoms with E-state index in [1.54, 1.807) is 11.3 Å². The summed E-state index contributed by atoms with van der Waals surface area (Å²) in [5.41, 5.74) is 1.63. The summed E-state index contributed by atoms with van der Waals surface area (Å²) >= 11 is 5.09. The van der Waals surface area contributed by atoms with Crippen LogP contribution in [0.5, 0.6) is 0 Å². The average molecular weight is 346 g/mol. The van der Waals surface area contributed by atoms with Gasteiger partial charge in [0.1, 0.15) is 11.6 Å². The van der Waals surface area contributed by atoms with E-state index in [1.165, 1.54) is 12.1 Å². The van der Waals surface area contributed by atoms with Gasteiger partial charge in [-0.3, -0.25) is 0 Å². The highest BCUT2D eigenvalue weighted by molar-refractivity contribution is 9.10. The fraction of sp³-hybridized carbons (Fsp3) is 0.286. The lowest BCUT2D eigenvalue weighted by atomic mass is 10.0. The van der Waals surface area contributed by atoms with Crippen molar-refractivity contribution in [3.8, 4) is 0 Å². The predicted octanol–water partition coefficient (Wildman–Crippen LogP) is 4.68. The molecular weight excluding hydrogens is 332 g/mol. The van der Waals surface area contributed by atoms with Crippen molar-refractivity contribution < 1.29 is 8.78 Å². The normalized spacial score (nSPS) is 12.6. The van der Waals surface area contributed by atoms with Gasteiger partial charge in [-0.05, 0) is 51.5 Å². The second-order valence-corrected chi connectivity index (χ2v) is 5.82. The van der Waals surface area contributed by atoms with Gasteiger partial charge in [0.2, 0.25) is 0 Å². The number of nitrogens with one attached hydrogen (secondary N) is 1. The first-order chi connectivity index (χ1) is 9.11. The molecule has 19 heavy (non-hydrogen) atoms. The summed E-state index contributed by atoms with van der Waals surface area (Å²) in [7, 11) is 0. The molecule has 1 nitrogen and oxygen atoms in total. The van der Waals surface area contributed by atoms with Crippen LogP contribution in [0, 0.1) is 11.6 Å². The van der Waals surface area contributed by atoms with E-state index in [2.05, 4.69) is 21.2 Å². The molecule has 0 spiro atoms. The van der Waals surface area contributed by atoms with Crippen LogP contribution >= 0.6 is 27.3 Å². The van der Waals surface area contributed by atoms with E-state index in [0.29, 0.717) is 12.0 Å². The molecule has 0 radical (unpaired) electrons. The zero-order chi connectivity index (χ0) is 13.8. The van der Waals surface area contributed by atoms with Crippen molar-refractivity contribution >= 4 is 27.3 Å². The molecule has 0 aliphatic heterocycles. The summed E-state index contributed by atoms with van der Waals surface area (Å²) in [5.74, 6) is -1.03. The summed E-state index contributed by atoms with van der Waals surface area (Å²) in [4.78, 5) is 0. The van der Waals surface area contributed by atoms with Gasteiger partial charge in [0.05, 0.1) is 0 Å². The third-order valence-corrected chi connectivity index (χ3v) is 4.66. The van der Waals surface area contributed by atoms with E-state index < -0.39 is 11.6 Å². The number of halogens is 3. The summed E-state index contributed by atoms with van der Waals surface area (Å²) in [6, 6.07) is 3.76. The highest BCUT2D eigenvalue weighted by Crippen LogP contribution is 2.30. The fourth-order valence-corrected chi connectivity index (χ4v) is 3.61. The van der Waals surface area contributed by atoms with E-state index in [9.17, 15) is 8.78 Å². The van der Waals surface area contributed by atoms with Gasteiger partial charge in [-0.15, -0.1) is 0 Å². The van der Waals surface area contributed by atoms with Crippen LogP contribution in [0.1, 0.15) is 24.1 Å². The highest BCUT2D eigenvalue weighted by atomic mass is 79.9. The number of rotatable bonds is 5. The van der Waals surface area contributed by atoms with Crippen LogP contribution in [0.4, 0.5) is 8.78 Å². The Morgan fingerprint density at radius 3 is 2.68 bits per heavy atom. The molecule has 102 valence electrons. The van der Waals surface area contributed by atoms with Gasteiger partial charge in [0.15, 0.2) is 0 Å². The molecule has 1 aromatic carbocycles. The Morgan fingerprint density at radius 2 is 2.11 bits per heavy atom. The molecule has 5 heteroatoms. The Bertz CT molecular complexity index is 556. The summed E-state index contributed by atoms with van der Waals surface area (Å²) in [5, 5.41) is 7.37. The Kier molecular flexibility index (Phi) is 5.07. The largest absolute Gasteiger partial charge is 0.310 e. The SMILES string of the molecule is CCNC(Cc1ccc(F)cc1F)c1cscc1Br. The molecule has 1 aromatic heterocycles. The van der Waals surface area contributed by atoms with Crippen LogP contribution in [0.3, 0.4) is 0 Å². The maximum Gasteiger partial charge on any atom is 0.129 e. The van der Waals surface area contributed by atoms with E-state index in [-0.39, 0.29) is 6.04 Å². The molecule has 0 saturated heterocycles. The molecule has 2 rings (SSSR count). The zero-order valence-corrected chi connectivity index (χ0v) is 12.8. The van der Waals surface area contributed by atoms with Crippen LogP contribution in [-0.4, -0.2) is 6.54 Å². The Morgan fingerprint density at radius 1 is 1.32 bits per heavy atom. The lowest BCUT2D eigenvalue weighted by Gasteiger charge is -2.18. The Labute approximate surface area is 123 Å². The molecule has 0 saturated carbocycles. The van der Waals surface area contributed by atoms with Gasteiger partial charge in [0.25, 0.3) is 0 Å². The molecule has 0 aliphatic rings. The van der Waals surface area contributed by atoms with E-state index in [0.717, 1.165) is 22.6 Å². The maximum atomic E-state index is 13.7. The molecule has 0 aliphatic carbocycles. The smallest absolute Gasteiger partial charge is 0.129 e. The topological polar surface area (TPSA) is 12.0 Å². The van der Waals surface area contributed by atoms with Gasteiger partial charge in [-0.25, -0.2) is 8.78 Å². The van der Waals surface area contributed by atoms with Crippen molar-refractivity contribution in [1.29, 1.82) is 0 Å². The lowest BCUT2D eigenvalue weighted by molar-refractivity contribution is 0.521. The molecule has 1 unspecified atom stereocenters. The molecule has 1 heterocycles. The van der Waals surface area contributed by atoms with Crippen molar-refractivity contribution in [1.82, 2.24) is 5.32 Å². The number of hydrogen-bond acceptors (Lipinski definition) is 2. The summed E-state index contributed by atoms with van der Waals surface area (Å²) < 4.78 is 27.6. The Balaban J connectivity index is 2.24. The quantitative estimate of drug-likeness (QED) is 0.829. The van der Waals surface area contributed by atoms with Gasteiger partial charge < -0.3 is 5.32 Å². The van der Waals surface area contributed by atoms with Gasteiger partial charge in [-0.2, -0.15) is 11.3 Å². The minimum atomic E-state index is -0.544. The highest BCUT2D eigenvalue weighted by Gasteiger charge is 2.17. The monoisotopic (exact) mass is 345 g/mol. The minimum Gasteiger partial charge on any atom is -0.310 e. The molecule has 0 fully saturated rings.